The number of fused-ring (bicyclic) bond motifs is 1. The summed E-state index contributed by atoms with van der Waals surface area (Å²) in [6, 6.07) is 16.6. The number of hydrogen-bond donors (Lipinski definition) is 0. The maximum absolute atomic E-state index is 13.4. The van der Waals surface area contributed by atoms with E-state index in [0.29, 0.717) is 50.9 Å². The molecule has 0 saturated carbocycles. The normalized spacial score (nSPS) is 10.8. The minimum atomic E-state index is -0.357. The number of nitrogens with zero attached hydrogens (tertiary/aromatic N) is 4. The molecule has 3 heterocycles. The predicted octanol–water partition coefficient (Wildman–Crippen LogP) is 5.77. The summed E-state index contributed by atoms with van der Waals surface area (Å²) in [6.45, 7) is 1.76. The molecule has 0 aliphatic heterocycles. The van der Waals surface area contributed by atoms with Crippen molar-refractivity contribution in [1.29, 1.82) is 0 Å². The molecule has 0 spiro atoms. The summed E-state index contributed by atoms with van der Waals surface area (Å²) in [7, 11) is 3.04. The third-order valence-corrected chi connectivity index (χ3v) is 5.97. The molecule has 0 atom stereocenters. The Labute approximate surface area is 218 Å². The van der Waals surface area contributed by atoms with Crippen molar-refractivity contribution in [3.8, 4) is 34.1 Å². The van der Waals surface area contributed by atoms with Crippen molar-refractivity contribution in [1.82, 2.24) is 20.2 Å². The molecule has 2 aromatic carbocycles. The van der Waals surface area contributed by atoms with Crippen LogP contribution in [0, 0.1) is 12.7 Å². The van der Waals surface area contributed by atoms with Crippen molar-refractivity contribution < 1.29 is 23.4 Å². The van der Waals surface area contributed by atoms with Gasteiger partial charge in [-0.15, -0.1) is 5.10 Å². The van der Waals surface area contributed by atoms with Crippen LogP contribution >= 0.6 is 0 Å². The van der Waals surface area contributed by atoms with Gasteiger partial charge in [0.15, 0.2) is 23.0 Å². The number of rotatable bonds is 8. The molecule has 0 saturated heterocycles. The van der Waals surface area contributed by atoms with Crippen LogP contribution in [0.1, 0.15) is 21.7 Å². The second-order valence-electron chi connectivity index (χ2n) is 8.45. The maximum Gasteiger partial charge on any atom is 0.191 e. The summed E-state index contributed by atoms with van der Waals surface area (Å²) in [5.41, 5.74) is 3.99. The first-order valence-electron chi connectivity index (χ1n) is 11.7. The van der Waals surface area contributed by atoms with E-state index in [4.69, 9.17) is 14.2 Å². The fraction of sp³-hybridized carbons (Fsp3) is 0.138. The average Bonchev–Trinajstić information content (AvgIpc) is 2.94. The second-order valence-corrected chi connectivity index (χ2v) is 8.45. The highest BCUT2D eigenvalue weighted by Gasteiger charge is 2.22. The molecule has 0 N–H and O–H groups in total. The monoisotopic (exact) mass is 510 g/mol. The van der Waals surface area contributed by atoms with Crippen molar-refractivity contribution in [2.75, 3.05) is 14.2 Å². The van der Waals surface area contributed by atoms with Crippen LogP contribution < -0.4 is 14.2 Å². The zero-order chi connectivity index (χ0) is 26.6. The number of aryl methyl sites for hydroxylation is 1. The molecule has 0 aliphatic carbocycles. The molecule has 0 aliphatic rings. The predicted molar refractivity (Wildman–Crippen MR) is 139 cm³/mol. The molecule has 0 radical (unpaired) electrons. The number of benzene rings is 2. The van der Waals surface area contributed by atoms with E-state index in [1.807, 2.05) is 12.1 Å². The molecule has 38 heavy (non-hydrogen) atoms. The van der Waals surface area contributed by atoms with E-state index in [-0.39, 0.29) is 23.7 Å². The first-order chi connectivity index (χ1) is 18.5. The van der Waals surface area contributed by atoms with E-state index in [1.54, 1.807) is 62.8 Å². The topological polar surface area (TPSA) is 96.3 Å². The van der Waals surface area contributed by atoms with Crippen LogP contribution in [0.2, 0.25) is 0 Å². The largest absolute Gasteiger partial charge is 0.495 e. The van der Waals surface area contributed by atoms with Gasteiger partial charge < -0.3 is 14.2 Å². The van der Waals surface area contributed by atoms with Crippen molar-refractivity contribution in [2.45, 2.75) is 13.3 Å². The highest BCUT2D eigenvalue weighted by atomic mass is 19.1. The summed E-state index contributed by atoms with van der Waals surface area (Å²) < 4.78 is 30.3. The second kappa shape index (κ2) is 10.6. The summed E-state index contributed by atoms with van der Waals surface area (Å²) in [5.74, 6) is 1.43. The van der Waals surface area contributed by atoms with E-state index in [2.05, 4.69) is 20.2 Å². The minimum absolute atomic E-state index is 0.0801. The third kappa shape index (κ3) is 4.99. The molecule has 5 aromatic rings. The van der Waals surface area contributed by atoms with Crippen molar-refractivity contribution >= 4 is 16.8 Å². The molecule has 0 unspecified atom stereocenters. The molecule has 0 bridgehead atoms. The average molecular weight is 511 g/mol. The molecule has 9 heteroatoms. The van der Waals surface area contributed by atoms with Crippen molar-refractivity contribution in [3.63, 3.8) is 0 Å². The van der Waals surface area contributed by atoms with Crippen LogP contribution in [-0.2, 0) is 6.42 Å². The molecule has 5 rings (SSSR count). The lowest BCUT2D eigenvalue weighted by Gasteiger charge is -2.14. The van der Waals surface area contributed by atoms with Crippen LogP contribution in [0.3, 0.4) is 0 Å². The number of carbonyl (C=O) groups is 1. The summed E-state index contributed by atoms with van der Waals surface area (Å²) in [5, 5.41) is 8.28. The molecule has 8 nitrogen and oxygen atoms in total. The molecule has 3 aromatic heterocycles. The lowest BCUT2D eigenvalue weighted by molar-refractivity contribution is 0.0984. The zero-order valence-electron chi connectivity index (χ0n) is 20.9. The first kappa shape index (κ1) is 24.8. The number of methoxy groups -OCH3 is 2. The Bertz CT molecular complexity index is 1620. The van der Waals surface area contributed by atoms with Gasteiger partial charge in [0.2, 0.25) is 0 Å². The quantitative estimate of drug-likeness (QED) is 0.243. The highest BCUT2D eigenvalue weighted by molar-refractivity contribution is 6.00. The van der Waals surface area contributed by atoms with Crippen LogP contribution in [0.25, 0.3) is 22.2 Å². The summed E-state index contributed by atoms with van der Waals surface area (Å²) in [4.78, 5) is 21.9. The number of carbonyl (C=O) groups excluding carboxylic acids is 1. The number of pyridine rings is 2. The number of hydrogen-bond acceptors (Lipinski definition) is 8. The van der Waals surface area contributed by atoms with Gasteiger partial charge in [0, 0.05) is 30.3 Å². The van der Waals surface area contributed by atoms with Crippen LogP contribution in [0.5, 0.6) is 23.0 Å². The fourth-order valence-electron chi connectivity index (χ4n) is 4.09. The Morgan fingerprint density at radius 2 is 1.66 bits per heavy atom. The number of halogens is 1. The van der Waals surface area contributed by atoms with Gasteiger partial charge in [-0.05, 0) is 42.3 Å². The van der Waals surface area contributed by atoms with Crippen molar-refractivity contribution in [2.24, 2.45) is 0 Å². The Morgan fingerprint density at radius 1 is 0.895 bits per heavy atom. The minimum Gasteiger partial charge on any atom is -0.495 e. The standard InChI is InChI=1S/C29H23FN4O4/c1-17-26(19-6-8-20(30)9-7-19)29(37-3)28(34-33-17)24(35)14-18-4-10-21(11-5-18)38-25-12-13-31-23-15-22(36-2)16-32-27(23)25/h4-13,15-16H,14H2,1-3H3. The van der Waals surface area contributed by atoms with Gasteiger partial charge in [-0.25, -0.2) is 9.37 Å². The SMILES string of the molecule is COc1cnc2c(Oc3ccc(CC(=O)c4nnc(C)c(-c5ccc(F)cc5)c4OC)cc3)ccnc2c1. The Kier molecular flexibility index (Phi) is 6.90. The number of aromatic nitrogens is 4. The molecular weight excluding hydrogens is 487 g/mol. The Morgan fingerprint density at radius 3 is 2.37 bits per heavy atom. The maximum atomic E-state index is 13.4. The Balaban J connectivity index is 1.36. The van der Waals surface area contributed by atoms with E-state index >= 15 is 0 Å². The summed E-state index contributed by atoms with van der Waals surface area (Å²) in [6.07, 6.45) is 3.33. The highest BCUT2D eigenvalue weighted by Crippen LogP contribution is 2.35. The first-order valence-corrected chi connectivity index (χ1v) is 11.7. The van der Waals surface area contributed by atoms with Crippen LogP contribution in [-0.4, -0.2) is 40.2 Å². The van der Waals surface area contributed by atoms with Gasteiger partial charge >= 0.3 is 0 Å². The van der Waals surface area contributed by atoms with Gasteiger partial charge in [0.05, 0.1) is 31.6 Å². The van der Waals surface area contributed by atoms with Crippen LogP contribution in [0.4, 0.5) is 4.39 Å². The van der Waals surface area contributed by atoms with Gasteiger partial charge in [-0.3, -0.25) is 9.78 Å². The van der Waals surface area contributed by atoms with Crippen LogP contribution in [0.15, 0.2) is 73.1 Å². The zero-order valence-corrected chi connectivity index (χ0v) is 20.9. The van der Waals surface area contributed by atoms with Gasteiger partial charge in [-0.1, -0.05) is 24.3 Å². The van der Waals surface area contributed by atoms with E-state index in [9.17, 15) is 9.18 Å². The molecule has 190 valence electrons. The lowest BCUT2D eigenvalue weighted by Crippen LogP contribution is -2.11. The number of ketones is 1. The van der Waals surface area contributed by atoms with Crippen molar-refractivity contribution in [3.05, 3.63) is 95.8 Å². The van der Waals surface area contributed by atoms with Gasteiger partial charge in [0.1, 0.15) is 22.8 Å². The fourth-order valence-corrected chi connectivity index (χ4v) is 4.09. The summed E-state index contributed by atoms with van der Waals surface area (Å²) >= 11 is 0. The molecule has 0 amide bonds. The van der Waals surface area contributed by atoms with E-state index in [0.717, 1.165) is 5.56 Å². The van der Waals surface area contributed by atoms with E-state index < -0.39 is 0 Å². The number of Topliss-reactive ketones (excluding diaryl/α,β-unsaturated/α-hetero) is 1. The number of ether oxygens (including phenoxy) is 3. The van der Waals surface area contributed by atoms with Gasteiger partial charge in [0.25, 0.3) is 0 Å². The smallest absolute Gasteiger partial charge is 0.191 e. The molecule has 0 fully saturated rings. The lowest BCUT2D eigenvalue weighted by atomic mass is 9.99. The van der Waals surface area contributed by atoms with Gasteiger partial charge in [-0.2, -0.15) is 5.10 Å². The molecular formula is C29H23FN4O4. The third-order valence-electron chi connectivity index (χ3n) is 5.97. The van der Waals surface area contributed by atoms with E-state index in [1.165, 1.54) is 19.2 Å². The Hall–Kier alpha value is -4.92.